The van der Waals surface area contributed by atoms with Crippen LogP contribution in [0.3, 0.4) is 0 Å². The van der Waals surface area contributed by atoms with Gasteiger partial charge in [0.1, 0.15) is 0 Å². The summed E-state index contributed by atoms with van der Waals surface area (Å²) >= 11 is 0. The van der Waals surface area contributed by atoms with Gasteiger partial charge in [-0.1, -0.05) is 0 Å². The zero-order valence-corrected chi connectivity index (χ0v) is 12.6. The standard InChI is InChI=1S/C12H24N8/c1-8(20(4)9-5-6-9)7-14-10-15-11(18-13)17-12(16-10)19(2)3/h8-9H,5-7,13H2,1-4H3,(H2,14,15,16,17,18). The maximum Gasteiger partial charge on any atom is 0.243 e. The SMILES string of the molecule is CC(CNc1nc(NN)nc(N(C)C)n1)N(C)C1CC1. The van der Waals surface area contributed by atoms with Crippen LogP contribution in [0.25, 0.3) is 0 Å². The fourth-order valence-electron chi connectivity index (χ4n) is 1.93. The fourth-order valence-corrected chi connectivity index (χ4v) is 1.93. The number of likely N-dealkylation sites (N-methyl/N-ethyl adjacent to an activating group) is 1. The van der Waals surface area contributed by atoms with Gasteiger partial charge in [0.15, 0.2) is 0 Å². The molecule has 1 heterocycles. The molecule has 1 aromatic heterocycles. The van der Waals surface area contributed by atoms with Crippen LogP contribution in [-0.4, -0.2) is 59.6 Å². The molecular weight excluding hydrogens is 256 g/mol. The second kappa shape index (κ2) is 6.19. The molecule has 1 fully saturated rings. The van der Waals surface area contributed by atoms with E-state index in [2.05, 4.69) is 44.6 Å². The Morgan fingerprint density at radius 2 is 1.85 bits per heavy atom. The summed E-state index contributed by atoms with van der Waals surface area (Å²) in [7, 11) is 5.92. The zero-order valence-electron chi connectivity index (χ0n) is 12.6. The van der Waals surface area contributed by atoms with E-state index >= 15 is 0 Å². The lowest BCUT2D eigenvalue weighted by molar-refractivity contribution is 0.257. The van der Waals surface area contributed by atoms with Gasteiger partial charge >= 0.3 is 0 Å². The maximum atomic E-state index is 5.38. The Bertz CT molecular complexity index is 445. The Balaban J connectivity index is 1.98. The second-order valence-corrected chi connectivity index (χ2v) is 5.45. The van der Waals surface area contributed by atoms with Crippen molar-refractivity contribution in [2.24, 2.45) is 5.84 Å². The van der Waals surface area contributed by atoms with E-state index in [-0.39, 0.29) is 0 Å². The number of nitrogen functional groups attached to an aromatic ring is 1. The molecule has 0 aromatic carbocycles. The molecule has 112 valence electrons. The monoisotopic (exact) mass is 280 g/mol. The molecule has 1 aliphatic carbocycles. The average Bonchev–Trinajstić information content (AvgIpc) is 3.27. The van der Waals surface area contributed by atoms with Gasteiger partial charge in [-0.05, 0) is 26.8 Å². The van der Waals surface area contributed by atoms with Crippen molar-refractivity contribution in [3.8, 4) is 0 Å². The van der Waals surface area contributed by atoms with Crippen LogP contribution < -0.4 is 21.5 Å². The molecule has 0 amide bonds. The number of nitrogens with one attached hydrogen (secondary N) is 2. The van der Waals surface area contributed by atoms with Crippen molar-refractivity contribution < 1.29 is 0 Å². The highest BCUT2D eigenvalue weighted by molar-refractivity contribution is 5.42. The molecule has 20 heavy (non-hydrogen) atoms. The lowest BCUT2D eigenvalue weighted by Gasteiger charge is -2.24. The van der Waals surface area contributed by atoms with Crippen molar-refractivity contribution in [1.29, 1.82) is 0 Å². The lowest BCUT2D eigenvalue weighted by Crippen LogP contribution is -2.36. The summed E-state index contributed by atoms with van der Waals surface area (Å²) in [6.45, 7) is 2.98. The molecule has 1 unspecified atom stereocenters. The number of nitrogens with two attached hydrogens (primary N) is 1. The molecule has 0 spiro atoms. The first-order chi connectivity index (χ1) is 9.51. The van der Waals surface area contributed by atoms with Gasteiger partial charge in [-0.25, -0.2) is 5.84 Å². The second-order valence-electron chi connectivity index (χ2n) is 5.45. The third-order valence-corrected chi connectivity index (χ3v) is 3.53. The number of anilines is 3. The van der Waals surface area contributed by atoms with Crippen molar-refractivity contribution >= 4 is 17.8 Å². The largest absolute Gasteiger partial charge is 0.352 e. The van der Waals surface area contributed by atoms with E-state index in [1.54, 1.807) is 0 Å². The third-order valence-electron chi connectivity index (χ3n) is 3.53. The van der Waals surface area contributed by atoms with Gasteiger partial charge in [-0.3, -0.25) is 10.3 Å². The van der Waals surface area contributed by atoms with Crippen LogP contribution in [0.2, 0.25) is 0 Å². The van der Waals surface area contributed by atoms with Gasteiger partial charge in [-0.15, -0.1) is 0 Å². The van der Waals surface area contributed by atoms with E-state index in [0.29, 0.717) is 23.9 Å². The first kappa shape index (κ1) is 14.7. The highest BCUT2D eigenvalue weighted by atomic mass is 15.4. The lowest BCUT2D eigenvalue weighted by atomic mass is 10.3. The predicted octanol–water partition coefficient (Wildman–Crippen LogP) is 0.118. The molecular formula is C12H24N8. The molecule has 1 aromatic rings. The van der Waals surface area contributed by atoms with Gasteiger partial charge in [0, 0.05) is 32.7 Å². The fraction of sp³-hybridized carbons (Fsp3) is 0.750. The summed E-state index contributed by atoms with van der Waals surface area (Å²) in [5, 5.41) is 3.25. The Hall–Kier alpha value is -1.67. The molecule has 2 rings (SSSR count). The summed E-state index contributed by atoms with van der Waals surface area (Å²) in [4.78, 5) is 16.9. The van der Waals surface area contributed by atoms with Crippen LogP contribution >= 0.6 is 0 Å². The summed E-state index contributed by atoms with van der Waals surface area (Å²) in [6, 6.07) is 1.17. The minimum Gasteiger partial charge on any atom is -0.352 e. The van der Waals surface area contributed by atoms with Crippen LogP contribution in [0.5, 0.6) is 0 Å². The van der Waals surface area contributed by atoms with Crippen molar-refractivity contribution in [1.82, 2.24) is 19.9 Å². The minimum absolute atomic E-state index is 0.356. The van der Waals surface area contributed by atoms with E-state index in [4.69, 9.17) is 5.84 Å². The molecule has 0 aliphatic heterocycles. The van der Waals surface area contributed by atoms with Gasteiger partial charge in [0.2, 0.25) is 17.8 Å². The number of hydrogen-bond donors (Lipinski definition) is 3. The molecule has 8 heteroatoms. The van der Waals surface area contributed by atoms with Gasteiger partial charge < -0.3 is 10.2 Å². The van der Waals surface area contributed by atoms with Crippen molar-refractivity contribution in [2.45, 2.75) is 31.8 Å². The summed E-state index contributed by atoms with van der Waals surface area (Å²) in [5.74, 6) is 6.84. The first-order valence-electron chi connectivity index (χ1n) is 6.87. The highest BCUT2D eigenvalue weighted by Crippen LogP contribution is 2.26. The maximum absolute atomic E-state index is 5.38. The molecule has 4 N–H and O–H groups in total. The van der Waals surface area contributed by atoms with Crippen molar-refractivity contribution in [3.05, 3.63) is 0 Å². The van der Waals surface area contributed by atoms with Crippen LogP contribution in [0.1, 0.15) is 19.8 Å². The van der Waals surface area contributed by atoms with E-state index in [9.17, 15) is 0 Å². The van der Waals surface area contributed by atoms with Crippen LogP contribution in [-0.2, 0) is 0 Å². The average molecular weight is 280 g/mol. The number of nitrogens with zero attached hydrogens (tertiary/aromatic N) is 5. The Morgan fingerprint density at radius 3 is 2.40 bits per heavy atom. The summed E-state index contributed by atoms with van der Waals surface area (Å²) in [6.07, 6.45) is 2.61. The van der Waals surface area contributed by atoms with Crippen LogP contribution in [0.15, 0.2) is 0 Å². The smallest absolute Gasteiger partial charge is 0.243 e. The zero-order chi connectivity index (χ0) is 14.7. The predicted molar refractivity (Wildman–Crippen MR) is 80.7 cm³/mol. The van der Waals surface area contributed by atoms with Gasteiger partial charge in [0.05, 0.1) is 0 Å². The van der Waals surface area contributed by atoms with E-state index < -0.39 is 0 Å². The normalized spacial score (nSPS) is 16.1. The number of rotatable bonds is 7. The molecule has 8 nitrogen and oxygen atoms in total. The number of hydrazine groups is 1. The quantitative estimate of drug-likeness (QED) is 0.479. The van der Waals surface area contributed by atoms with Gasteiger partial charge in [-0.2, -0.15) is 15.0 Å². The van der Waals surface area contributed by atoms with E-state index in [0.717, 1.165) is 12.6 Å². The molecule has 1 aliphatic rings. The first-order valence-corrected chi connectivity index (χ1v) is 6.87. The summed E-state index contributed by atoms with van der Waals surface area (Å²) in [5.41, 5.74) is 2.46. The van der Waals surface area contributed by atoms with Gasteiger partial charge in [0.25, 0.3) is 0 Å². The number of aromatic nitrogens is 3. The highest BCUT2D eigenvalue weighted by Gasteiger charge is 2.29. The molecule has 1 saturated carbocycles. The molecule has 0 saturated heterocycles. The molecule has 0 radical (unpaired) electrons. The Labute approximate surface area is 119 Å². The molecule has 0 bridgehead atoms. The minimum atomic E-state index is 0.356. The van der Waals surface area contributed by atoms with E-state index in [1.807, 2.05) is 19.0 Å². The number of hydrogen-bond acceptors (Lipinski definition) is 8. The van der Waals surface area contributed by atoms with Crippen LogP contribution in [0.4, 0.5) is 17.8 Å². The van der Waals surface area contributed by atoms with Crippen molar-refractivity contribution in [2.75, 3.05) is 43.3 Å². The topological polar surface area (TPSA) is 95.2 Å². The van der Waals surface area contributed by atoms with Crippen LogP contribution in [0, 0.1) is 0 Å². The van der Waals surface area contributed by atoms with Crippen molar-refractivity contribution in [3.63, 3.8) is 0 Å². The third kappa shape index (κ3) is 3.67. The molecule has 1 atom stereocenters. The Kier molecular flexibility index (Phi) is 4.56. The van der Waals surface area contributed by atoms with E-state index in [1.165, 1.54) is 12.8 Å². The Morgan fingerprint density at radius 1 is 1.20 bits per heavy atom. The summed E-state index contributed by atoms with van der Waals surface area (Å²) < 4.78 is 0.